The van der Waals surface area contributed by atoms with Crippen LogP contribution in [0.4, 0.5) is 5.69 Å². The number of nitrogen functional groups attached to an aromatic ring is 1. The number of carbonyl (C=O) groups is 3. The number of amides is 2. The molecular weight excluding hydrogens is 348 g/mol. The Labute approximate surface area is 157 Å². The van der Waals surface area contributed by atoms with Crippen LogP contribution in [0.3, 0.4) is 0 Å². The number of carboxylic acids is 1. The van der Waals surface area contributed by atoms with Crippen molar-refractivity contribution in [2.75, 3.05) is 24.5 Å². The summed E-state index contributed by atoms with van der Waals surface area (Å²) in [7, 11) is 0. The van der Waals surface area contributed by atoms with Gasteiger partial charge in [0.25, 0.3) is 0 Å². The van der Waals surface area contributed by atoms with Crippen molar-refractivity contribution in [1.82, 2.24) is 4.90 Å². The summed E-state index contributed by atoms with van der Waals surface area (Å²) in [6.45, 7) is 3.33. The second-order valence-electron chi connectivity index (χ2n) is 7.35. The zero-order chi connectivity index (χ0) is 19.8. The topological polar surface area (TPSA) is 128 Å². The number of nitrogens with two attached hydrogens (primary N) is 1. The summed E-state index contributed by atoms with van der Waals surface area (Å²) in [6.07, 6.45) is 1.33. The summed E-state index contributed by atoms with van der Waals surface area (Å²) < 4.78 is 0. The lowest BCUT2D eigenvalue weighted by molar-refractivity contribution is -0.146. The van der Waals surface area contributed by atoms with Crippen LogP contribution in [0.2, 0.25) is 0 Å². The van der Waals surface area contributed by atoms with E-state index >= 15 is 0 Å². The van der Waals surface area contributed by atoms with Gasteiger partial charge in [0.15, 0.2) is 0 Å². The number of hydrogen-bond donors (Lipinski definition) is 3. The van der Waals surface area contributed by atoms with Gasteiger partial charge in [0, 0.05) is 30.9 Å². The van der Waals surface area contributed by atoms with Gasteiger partial charge in [0.05, 0.1) is 5.41 Å². The third-order valence-electron chi connectivity index (χ3n) is 5.69. The van der Waals surface area contributed by atoms with Crippen molar-refractivity contribution in [3.05, 3.63) is 29.3 Å². The largest absolute Gasteiger partial charge is 0.481 e. The number of aryl methyl sites for hydroxylation is 1. The lowest BCUT2D eigenvalue weighted by Crippen LogP contribution is -2.47. The highest BCUT2D eigenvalue weighted by molar-refractivity contribution is 6.02. The fraction of sp³-hybridized carbons (Fsp3) is 0.474. The van der Waals surface area contributed by atoms with E-state index in [2.05, 4.69) is 0 Å². The highest BCUT2D eigenvalue weighted by atomic mass is 16.4. The molecule has 0 bridgehead atoms. The Morgan fingerprint density at radius 3 is 2.41 bits per heavy atom. The minimum absolute atomic E-state index is 0.00716. The summed E-state index contributed by atoms with van der Waals surface area (Å²) in [6, 6.07) is 5.38. The molecule has 2 saturated heterocycles. The van der Waals surface area contributed by atoms with Crippen molar-refractivity contribution < 1.29 is 19.5 Å². The first-order valence-electron chi connectivity index (χ1n) is 9.00. The lowest BCUT2D eigenvalue weighted by atomic mass is 9.77. The Hall–Kier alpha value is -2.90. The van der Waals surface area contributed by atoms with Crippen LogP contribution >= 0.6 is 0 Å². The quantitative estimate of drug-likeness (QED) is 0.414. The van der Waals surface area contributed by atoms with Crippen molar-refractivity contribution in [1.29, 1.82) is 5.41 Å². The number of aliphatic carboxylic acids is 1. The first-order valence-corrected chi connectivity index (χ1v) is 9.00. The van der Waals surface area contributed by atoms with Gasteiger partial charge in [-0.1, -0.05) is 0 Å². The van der Waals surface area contributed by atoms with Gasteiger partial charge in [-0.05, 0) is 49.9 Å². The fourth-order valence-electron chi connectivity index (χ4n) is 4.07. The summed E-state index contributed by atoms with van der Waals surface area (Å²) in [5.74, 6) is -1.47. The second-order valence-corrected chi connectivity index (χ2v) is 7.35. The number of carboxylic acid groups (broad SMARTS) is 1. The maximum atomic E-state index is 13.2. The van der Waals surface area contributed by atoms with Crippen LogP contribution < -0.4 is 10.6 Å². The molecule has 2 heterocycles. The Kier molecular flexibility index (Phi) is 4.91. The maximum Gasteiger partial charge on any atom is 0.312 e. The molecule has 8 nitrogen and oxygen atoms in total. The van der Waals surface area contributed by atoms with Crippen LogP contribution in [0.5, 0.6) is 0 Å². The van der Waals surface area contributed by atoms with Crippen LogP contribution in [0.25, 0.3) is 0 Å². The molecule has 0 unspecified atom stereocenters. The molecule has 3 rings (SSSR count). The van der Waals surface area contributed by atoms with E-state index in [4.69, 9.17) is 16.2 Å². The Bertz CT molecular complexity index is 812. The van der Waals surface area contributed by atoms with Crippen molar-refractivity contribution in [2.45, 2.75) is 32.6 Å². The van der Waals surface area contributed by atoms with E-state index in [0.29, 0.717) is 38.0 Å². The van der Waals surface area contributed by atoms with Gasteiger partial charge in [0.2, 0.25) is 11.8 Å². The molecule has 1 aromatic carbocycles. The van der Waals surface area contributed by atoms with E-state index in [1.165, 1.54) is 0 Å². The van der Waals surface area contributed by atoms with E-state index in [0.717, 1.165) is 17.7 Å². The van der Waals surface area contributed by atoms with Crippen LogP contribution in [0.15, 0.2) is 18.2 Å². The molecule has 2 aliphatic rings. The van der Waals surface area contributed by atoms with Gasteiger partial charge in [-0.25, -0.2) is 0 Å². The Morgan fingerprint density at radius 2 is 1.85 bits per heavy atom. The number of rotatable bonds is 4. The predicted octanol–water partition coefficient (Wildman–Crippen LogP) is 1.10. The number of anilines is 1. The lowest BCUT2D eigenvalue weighted by Gasteiger charge is -2.38. The normalized spacial score (nSPS) is 18.8. The number of nitrogens with one attached hydrogen (secondary N) is 1. The average molecular weight is 372 g/mol. The summed E-state index contributed by atoms with van der Waals surface area (Å²) in [5.41, 5.74) is 7.39. The van der Waals surface area contributed by atoms with Gasteiger partial charge in [0.1, 0.15) is 12.3 Å². The highest BCUT2D eigenvalue weighted by Crippen LogP contribution is 2.43. The minimum Gasteiger partial charge on any atom is -0.481 e. The predicted molar refractivity (Wildman–Crippen MR) is 99.7 cm³/mol. The smallest absolute Gasteiger partial charge is 0.312 e. The van der Waals surface area contributed by atoms with Gasteiger partial charge in [-0.15, -0.1) is 0 Å². The number of carbonyl (C=O) groups excluding carboxylic acids is 2. The molecule has 2 fully saturated rings. The summed E-state index contributed by atoms with van der Waals surface area (Å²) >= 11 is 0. The number of benzene rings is 1. The van der Waals surface area contributed by atoms with Crippen molar-refractivity contribution in [2.24, 2.45) is 11.1 Å². The molecule has 1 spiro atoms. The van der Waals surface area contributed by atoms with E-state index in [1.807, 2.05) is 19.1 Å². The highest BCUT2D eigenvalue weighted by Gasteiger charge is 2.49. The first kappa shape index (κ1) is 18.9. The van der Waals surface area contributed by atoms with Crippen molar-refractivity contribution >= 4 is 29.3 Å². The molecule has 2 aliphatic heterocycles. The van der Waals surface area contributed by atoms with E-state index < -0.39 is 23.7 Å². The molecule has 2 amide bonds. The molecule has 144 valence electrons. The summed E-state index contributed by atoms with van der Waals surface area (Å²) in [5, 5.41) is 16.3. The zero-order valence-corrected chi connectivity index (χ0v) is 15.3. The molecule has 8 heteroatoms. The molecule has 0 atom stereocenters. The average Bonchev–Trinajstić information content (AvgIpc) is 2.91. The van der Waals surface area contributed by atoms with Gasteiger partial charge in [-0.2, -0.15) is 0 Å². The molecular formula is C19H24N4O4. The Morgan fingerprint density at radius 1 is 1.22 bits per heavy atom. The molecule has 27 heavy (non-hydrogen) atoms. The third-order valence-corrected chi connectivity index (χ3v) is 5.69. The van der Waals surface area contributed by atoms with Gasteiger partial charge < -0.3 is 20.6 Å². The van der Waals surface area contributed by atoms with Crippen LogP contribution in [-0.2, 0) is 14.4 Å². The van der Waals surface area contributed by atoms with Crippen LogP contribution in [0.1, 0.15) is 36.8 Å². The van der Waals surface area contributed by atoms with Crippen molar-refractivity contribution in [3.63, 3.8) is 0 Å². The number of likely N-dealkylation sites (tertiary alicyclic amines) is 1. The van der Waals surface area contributed by atoms with Gasteiger partial charge >= 0.3 is 5.97 Å². The van der Waals surface area contributed by atoms with E-state index in [1.54, 1.807) is 15.9 Å². The first-order chi connectivity index (χ1) is 12.7. The molecule has 0 aliphatic carbocycles. The van der Waals surface area contributed by atoms with Crippen molar-refractivity contribution in [3.8, 4) is 0 Å². The molecule has 0 aromatic heterocycles. The SMILES string of the molecule is Cc1cc(C(=N)N)ccc1N1CCC2(CCN(C(=O)CC(=O)O)CC2)C1=O. The monoisotopic (exact) mass is 372 g/mol. The van der Waals surface area contributed by atoms with E-state index in [9.17, 15) is 14.4 Å². The number of nitrogens with zero attached hydrogens (tertiary/aromatic N) is 2. The molecule has 0 saturated carbocycles. The molecule has 1 aromatic rings. The fourth-order valence-corrected chi connectivity index (χ4v) is 4.07. The summed E-state index contributed by atoms with van der Waals surface area (Å²) in [4.78, 5) is 39.2. The number of hydrogen-bond acceptors (Lipinski definition) is 4. The van der Waals surface area contributed by atoms with Crippen LogP contribution in [0, 0.1) is 17.7 Å². The van der Waals surface area contributed by atoms with Gasteiger partial charge in [-0.3, -0.25) is 19.8 Å². The molecule has 0 radical (unpaired) electrons. The molecule has 4 N–H and O–H groups in total. The van der Waals surface area contributed by atoms with E-state index in [-0.39, 0.29) is 11.7 Å². The minimum atomic E-state index is -1.13. The standard InChI is InChI=1S/C19H24N4O4/c1-12-10-13(17(20)21)2-3-14(12)23-9-6-19(18(23)27)4-7-22(8-5-19)15(24)11-16(25)26/h2-3,10H,4-9,11H2,1H3,(H3,20,21)(H,25,26). The number of amidine groups is 1. The second kappa shape index (κ2) is 7.02. The number of piperidine rings is 1. The Balaban J connectivity index is 1.72. The zero-order valence-electron chi connectivity index (χ0n) is 15.3. The third kappa shape index (κ3) is 3.51. The maximum absolute atomic E-state index is 13.2. The van der Waals surface area contributed by atoms with Crippen LogP contribution in [-0.4, -0.2) is 53.3 Å².